The topological polar surface area (TPSA) is 76.1 Å². The quantitative estimate of drug-likeness (QED) is 0.316. The van der Waals surface area contributed by atoms with Crippen LogP contribution in [0.5, 0.6) is 5.75 Å². The van der Waals surface area contributed by atoms with E-state index in [1.165, 1.54) is 4.90 Å². The van der Waals surface area contributed by atoms with Crippen LogP contribution < -0.4 is 4.74 Å². The highest BCUT2D eigenvalue weighted by Gasteiger charge is 2.45. The van der Waals surface area contributed by atoms with E-state index in [1.807, 2.05) is 13.0 Å². The number of carbonyl (C=O) groups is 2. The van der Waals surface area contributed by atoms with E-state index in [2.05, 4.69) is 0 Å². The molecule has 2 aliphatic heterocycles. The summed E-state index contributed by atoms with van der Waals surface area (Å²) in [7, 11) is 1.58. The standard InChI is InChI=1S/C24H24ClNO5/c1-14-11-17-12-16(7-8-19(17)31-14)22(27)20-21(15-5-3-6-18(25)13-15)26(9-4-10-30-2)24(29)23(20)28/h3,5-8,12-14,21,27H,4,9-11H2,1-2H3/b22-20+/t14-,21+/m1/s1. The predicted octanol–water partition coefficient (Wildman–Crippen LogP) is 4.12. The maximum absolute atomic E-state index is 13.0. The molecule has 4 rings (SSSR count). The Bertz CT molecular complexity index is 1060. The van der Waals surface area contributed by atoms with Crippen LogP contribution in [0.3, 0.4) is 0 Å². The number of ether oxygens (including phenoxy) is 2. The lowest BCUT2D eigenvalue weighted by atomic mass is 9.94. The highest BCUT2D eigenvalue weighted by Crippen LogP contribution is 2.41. The number of halogens is 1. The summed E-state index contributed by atoms with van der Waals surface area (Å²) in [6.45, 7) is 2.75. The molecule has 2 aromatic carbocycles. The van der Waals surface area contributed by atoms with Gasteiger partial charge < -0.3 is 19.5 Å². The van der Waals surface area contributed by atoms with E-state index >= 15 is 0 Å². The summed E-state index contributed by atoms with van der Waals surface area (Å²) < 4.78 is 10.8. The van der Waals surface area contributed by atoms with Crippen LogP contribution in [0, 0.1) is 0 Å². The zero-order chi connectivity index (χ0) is 22.1. The van der Waals surface area contributed by atoms with E-state index in [0.29, 0.717) is 35.7 Å². The van der Waals surface area contributed by atoms with Gasteiger partial charge in [0.15, 0.2) is 0 Å². The summed E-state index contributed by atoms with van der Waals surface area (Å²) in [6.07, 6.45) is 1.35. The zero-order valence-corrected chi connectivity index (χ0v) is 18.2. The summed E-state index contributed by atoms with van der Waals surface area (Å²) in [6, 6.07) is 11.6. The molecule has 1 N–H and O–H groups in total. The van der Waals surface area contributed by atoms with Crippen molar-refractivity contribution in [1.82, 2.24) is 4.90 Å². The summed E-state index contributed by atoms with van der Waals surface area (Å²) in [5, 5.41) is 11.7. The van der Waals surface area contributed by atoms with Gasteiger partial charge in [-0.15, -0.1) is 0 Å². The summed E-state index contributed by atoms with van der Waals surface area (Å²) in [4.78, 5) is 27.4. The third kappa shape index (κ3) is 4.05. The molecule has 0 aliphatic carbocycles. The van der Waals surface area contributed by atoms with Crippen LogP contribution in [-0.4, -0.2) is 48.1 Å². The molecule has 0 saturated carbocycles. The first-order valence-electron chi connectivity index (χ1n) is 10.2. The molecule has 0 unspecified atom stereocenters. The smallest absolute Gasteiger partial charge is 0.295 e. The second-order valence-corrected chi connectivity index (χ2v) is 8.29. The number of amides is 1. The van der Waals surface area contributed by atoms with E-state index in [-0.39, 0.29) is 17.4 Å². The summed E-state index contributed by atoms with van der Waals surface area (Å²) in [5.41, 5.74) is 2.18. The Kier molecular flexibility index (Phi) is 6.03. The number of aliphatic hydroxyl groups excluding tert-OH is 1. The third-order valence-electron chi connectivity index (χ3n) is 5.62. The van der Waals surface area contributed by atoms with Gasteiger partial charge in [0.1, 0.15) is 17.6 Å². The molecule has 0 spiro atoms. The maximum atomic E-state index is 13.0. The molecule has 0 bridgehead atoms. The van der Waals surface area contributed by atoms with Crippen molar-refractivity contribution in [1.29, 1.82) is 0 Å². The van der Waals surface area contributed by atoms with Gasteiger partial charge in [0.25, 0.3) is 11.7 Å². The Balaban J connectivity index is 1.80. The van der Waals surface area contributed by atoms with Crippen molar-refractivity contribution < 1.29 is 24.2 Å². The molecule has 2 aromatic rings. The van der Waals surface area contributed by atoms with Gasteiger partial charge in [0.2, 0.25) is 0 Å². The van der Waals surface area contributed by atoms with Crippen LogP contribution in [0.2, 0.25) is 5.02 Å². The molecule has 1 saturated heterocycles. The lowest BCUT2D eigenvalue weighted by Gasteiger charge is -2.25. The zero-order valence-electron chi connectivity index (χ0n) is 17.4. The molecule has 0 radical (unpaired) electrons. The molecule has 2 atom stereocenters. The third-order valence-corrected chi connectivity index (χ3v) is 5.86. The lowest BCUT2D eigenvalue weighted by molar-refractivity contribution is -0.140. The molecule has 7 heteroatoms. The number of carbonyl (C=O) groups excluding carboxylic acids is 2. The number of fused-ring (bicyclic) bond motifs is 1. The van der Waals surface area contributed by atoms with Gasteiger partial charge in [-0.25, -0.2) is 0 Å². The van der Waals surface area contributed by atoms with Crippen molar-refractivity contribution in [2.45, 2.75) is 31.9 Å². The van der Waals surface area contributed by atoms with Crippen LogP contribution in [0.25, 0.3) is 5.76 Å². The number of nitrogens with zero attached hydrogens (tertiary/aromatic N) is 1. The molecule has 0 aromatic heterocycles. The first-order valence-corrected chi connectivity index (χ1v) is 10.6. The number of hydrogen-bond donors (Lipinski definition) is 1. The second-order valence-electron chi connectivity index (χ2n) is 7.85. The summed E-state index contributed by atoms with van der Waals surface area (Å²) in [5.74, 6) is -0.763. The number of rotatable bonds is 6. The molecular weight excluding hydrogens is 418 g/mol. The van der Waals surface area contributed by atoms with Gasteiger partial charge >= 0.3 is 0 Å². The minimum Gasteiger partial charge on any atom is -0.507 e. The SMILES string of the molecule is COCCCN1C(=O)C(=O)/C(=C(/O)c2ccc3c(c2)C[C@@H](C)O3)[C@@H]1c1cccc(Cl)c1. The molecule has 162 valence electrons. The van der Waals surface area contributed by atoms with Crippen LogP contribution in [0.4, 0.5) is 0 Å². The van der Waals surface area contributed by atoms with E-state index in [0.717, 1.165) is 17.7 Å². The van der Waals surface area contributed by atoms with Crippen LogP contribution >= 0.6 is 11.6 Å². The van der Waals surface area contributed by atoms with Gasteiger partial charge in [0.05, 0.1) is 11.6 Å². The lowest BCUT2D eigenvalue weighted by Crippen LogP contribution is -2.31. The highest BCUT2D eigenvalue weighted by atomic mass is 35.5. The Morgan fingerprint density at radius 1 is 1.26 bits per heavy atom. The molecule has 31 heavy (non-hydrogen) atoms. The number of benzene rings is 2. The van der Waals surface area contributed by atoms with Crippen LogP contribution in [0.15, 0.2) is 48.0 Å². The Labute approximate surface area is 186 Å². The van der Waals surface area contributed by atoms with Crippen molar-refractivity contribution >= 4 is 29.1 Å². The highest BCUT2D eigenvalue weighted by molar-refractivity contribution is 6.46. The maximum Gasteiger partial charge on any atom is 0.295 e. The van der Waals surface area contributed by atoms with Crippen molar-refractivity contribution in [3.8, 4) is 5.75 Å². The fourth-order valence-electron chi connectivity index (χ4n) is 4.24. The van der Waals surface area contributed by atoms with Crippen molar-refractivity contribution in [2.24, 2.45) is 0 Å². The Hall–Kier alpha value is -2.83. The fraction of sp³-hybridized carbons (Fsp3) is 0.333. The van der Waals surface area contributed by atoms with E-state index < -0.39 is 17.7 Å². The van der Waals surface area contributed by atoms with E-state index in [1.54, 1.807) is 43.5 Å². The number of hydrogen-bond acceptors (Lipinski definition) is 5. The largest absolute Gasteiger partial charge is 0.507 e. The van der Waals surface area contributed by atoms with Gasteiger partial charge in [-0.2, -0.15) is 0 Å². The molecule has 1 amide bonds. The van der Waals surface area contributed by atoms with Crippen LogP contribution in [0.1, 0.15) is 36.1 Å². The van der Waals surface area contributed by atoms with E-state index in [4.69, 9.17) is 21.1 Å². The Morgan fingerprint density at radius 3 is 2.81 bits per heavy atom. The monoisotopic (exact) mass is 441 g/mol. The van der Waals surface area contributed by atoms with Gasteiger partial charge in [-0.1, -0.05) is 23.7 Å². The van der Waals surface area contributed by atoms with Crippen molar-refractivity contribution in [2.75, 3.05) is 20.3 Å². The van der Waals surface area contributed by atoms with Crippen molar-refractivity contribution in [3.63, 3.8) is 0 Å². The minimum absolute atomic E-state index is 0.0604. The first kappa shape index (κ1) is 21.4. The van der Waals surface area contributed by atoms with Gasteiger partial charge in [0, 0.05) is 37.3 Å². The van der Waals surface area contributed by atoms with Crippen LogP contribution in [-0.2, 0) is 20.7 Å². The number of Topliss-reactive ketones (excluding diaryl/α,β-unsaturated/α-hetero) is 1. The fourth-order valence-corrected chi connectivity index (χ4v) is 4.44. The molecule has 1 fully saturated rings. The van der Waals surface area contributed by atoms with Crippen molar-refractivity contribution in [3.05, 3.63) is 69.8 Å². The first-order chi connectivity index (χ1) is 14.9. The average molecular weight is 442 g/mol. The normalized spacial score (nSPS) is 22.0. The molecular formula is C24H24ClNO5. The van der Waals surface area contributed by atoms with Gasteiger partial charge in [-0.05, 0) is 54.8 Å². The van der Waals surface area contributed by atoms with E-state index in [9.17, 15) is 14.7 Å². The predicted molar refractivity (Wildman–Crippen MR) is 117 cm³/mol. The average Bonchev–Trinajstić information content (AvgIpc) is 3.24. The second kappa shape index (κ2) is 8.73. The minimum atomic E-state index is -0.723. The number of likely N-dealkylation sites (tertiary alicyclic amines) is 1. The molecule has 2 heterocycles. The Morgan fingerprint density at radius 2 is 2.06 bits per heavy atom. The molecule has 6 nitrogen and oxygen atoms in total. The number of methoxy groups -OCH3 is 1. The number of aliphatic hydroxyl groups is 1. The summed E-state index contributed by atoms with van der Waals surface area (Å²) >= 11 is 6.19. The number of ketones is 1. The van der Waals surface area contributed by atoms with Gasteiger partial charge in [-0.3, -0.25) is 9.59 Å². The molecule has 2 aliphatic rings.